The second-order valence-corrected chi connectivity index (χ2v) is 6.32. The predicted molar refractivity (Wildman–Crippen MR) is 63.0 cm³/mol. The van der Waals surface area contributed by atoms with E-state index in [1.807, 2.05) is 0 Å². The first-order valence-electron chi connectivity index (χ1n) is 5.17. The van der Waals surface area contributed by atoms with Gasteiger partial charge in [0.15, 0.2) is 0 Å². The second kappa shape index (κ2) is 4.87. The zero-order valence-electron chi connectivity index (χ0n) is 10.1. The van der Waals surface area contributed by atoms with Gasteiger partial charge in [0.1, 0.15) is 15.4 Å². The maximum atomic E-state index is 11.0. The lowest BCUT2D eigenvalue weighted by Gasteiger charge is -2.03. The van der Waals surface area contributed by atoms with Crippen molar-refractivity contribution in [2.24, 2.45) is 0 Å². The Labute approximate surface area is 100 Å². The molecule has 0 atom stereocenters. The molecule has 0 fully saturated rings. The summed E-state index contributed by atoms with van der Waals surface area (Å²) in [5, 5.41) is 13.1. The van der Waals surface area contributed by atoms with Crippen molar-refractivity contribution in [3.8, 4) is 0 Å². The van der Waals surface area contributed by atoms with Crippen molar-refractivity contribution >= 4 is 15.8 Å². The Hall–Kier alpha value is -1.37. The molecule has 0 saturated carbocycles. The van der Waals surface area contributed by atoms with Gasteiger partial charge in [-0.1, -0.05) is 0 Å². The largest absolute Gasteiger partial charge is 0.478 e. The van der Waals surface area contributed by atoms with Crippen molar-refractivity contribution in [3.63, 3.8) is 0 Å². The highest BCUT2D eigenvalue weighted by Gasteiger charge is 2.17. The highest BCUT2D eigenvalue weighted by Crippen LogP contribution is 2.13. The molecule has 0 spiro atoms. The van der Waals surface area contributed by atoms with Gasteiger partial charge in [0.2, 0.25) is 0 Å². The van der Waals surface area contributed by atoms with E-state index in [2.05, 4.69) is 5.10 Å². The molecule has 6 nitrogen and oxygen atoms in total. The molecule has 0 amide bonds. The van der Waals surface area contributed by atoms with E-state index >= 15 is 0 Å². The lowest BCUT2D eigenvalue weighted by Crippen LogP contribution is -2.10. The quantitative estimate of drug-likeness (QED) is 0.838. The van der Waals surface area contributed by atoms with Crippen molar-refractivity contribution in [2.45, 2.75) is 26.8 Å². The van der Waals surface area contributed by atoms with Gasteiger partial charge in [0.25, 0.3) is 0 Å². The van der Waals surface area contributed by atoms with Crippen LogP contribution in [0.3, 0.4) is 0 Å². The molecule has 0 aliphatic carbocycles. The van der Waals surface area contributed by atoms with E-state index in [1.54, 1.807) is 18.5 Å². The van der Waals surface area contributed by atoms with Gasteiger partial charge in [0, 0.05) is 12.8 Å². The zero-order valence-corrected chi connectivity index (χ0v) is 10.9. The lowest BCUT2D eigenvalue weighted by molar-refractivity contribution is 0.0695. The molecule has 1 heterocycles. The van der Waals surface area contributed by atoms with Crippen LogP contribution in [0.4, 0.5) is 0 Å². The SMILES string of the molecule is Cc1nn(CCCS(C)(=O)=O)c(C)c1C(=O)O. The molecule has 0 radical (unpaired) electrons. The van der Waals surface area contributed by atoms with Gasteiger partial charge in [-0.25, -0.2) is 13.2 Å². The van der Waals surface area contributed by atoms with Crippen LogP contribution in [0.25, 0.3) is 0 Å². The van der Waals surface area contributed by atoms with Crippen LogP contribution in [0, 0.1) is 13.8 Å². The van der Waals surface area contributed by atoms with Crippen LogP contribution in [-0.4, -0.2) is 41.3 Å². The minimum atomic E-state index is -2.98. The molecule has 0 aliphatic rings. The van der Waals surface area contributed by atoms with E-state index in [-0.39, 0.29) is 11.3 Å². The Morgan fingerprint density at radius 2 is 2.00 bits per heavy atom. The van der Waals surface area contributed by atoms with E-state index in [4.69, 9.17) is 5.11 Å². The van der Waals surface area contributed by atoms with Gasteiger partial charge in [-0.05, 0) is 20.3 Å². The molecule has 7 heteroatoms. The topological polar surface area (TPSA) is 89.3 Å². The molecule has 96 valence electrons. The summed E-state index contributed by atoms with van der Waals surface area (Å²) < 4.78 is 23.5. The number of carboxylic acid groups (broad SMARTS) is 1. The third-order valence-corrected chi connectivity index (χ3v) is 3.51. The maximum Gasteiger partial charge on any atom is 0.339 e. The Balaban J connectivity index is 2.80. The van der Waals surface area contributed by atoms with Crippen LogP contribution >= 0.6 is 0 Å². The molecule has 0 aromatic carbocycles. The van der Waals surface area contributed by atoms with Crippen LogP contribution < -0.4 is 0 Å². The van der Waals surface area contributed by atoms with E-state index in [9.17, 15) is 13.2 Å². The van der Waals surface area contributed by atoms with E-state index in [0.717, 1.165) is 0 Å². The minimum Gasteiger partial charge on any atom is -0.478 e. The second-order valence-electron chi connectivity index (χ2n) is 4.06. The van der Waals surface area contributed by atoms with E-state index in [0.29, 0.717) is 24.4 Å². The summed E-state index contributed by atoms with van der Waals surface area (Å²) in [5.41, 5.74) is 1.21. The first-order valence-corrected chi connectivity index (χ1v) is 7.23. The third-order valence-electron chi connectivity index (χ3n) is 2.48. The number of hydrogen-bond donors (Lipinski definition) is 1. The molecule has 0 aliphatic heterocycles. The Kier molecular flexibility index (Phi) is 3.92. The number of sulfone groups is 1. The molecule has 17 heavy (non-hydrogen) atoms. The minimum absolute atomic E-state index is 0.0771. The van der Waals surface area contributed by atoms with Crippen LogP contribution in [-0.2, 0) is 16.4 Å². The number of rotatable bonds is 5. The van der Waals surface area contributed by atoms with Crippen LogP contribution in [0.2, 0.25) is 0 Å². The summed E-state index contributed by atoms with van der Waals surface area (Å²) in [5.74, 6) is -0.928. The summed E-state index contributed by atoms with van der Waals surface area (Å²) in [6.07, 6.45) is 1.61. The highest BCUT2D eigenvalue weighted by atomic mass is 32.2. The summed E-state index contributed by atoms with van der Waals surface area (Å²) in [7, 11) is -2.98. The summed E-state index contributed by atoms with van der Waals surface area (Å²) in [4.78, 5) is 10.9. The monoisotopic (exact) mass is 260 g/mol. The van der Waals surface area contributed by atoms with Gasteiger partial charge in [-0.15, -0.1) is 0 Å². The van der Waals surface area contributed by atoms with Crippen molar-refractivity contribution in [2.75, 3.05) is 12.0 Å². The van der Waals surface area contributed by atoms with E-state index < -0.39 is 15.8 Å². The van der Waals surface area contributed by atoms with E-state index in [1.165, 1.54) is 6.26 Å². The average Bonchev–Trinajstić information content (AvgIpc) is 2.39. The number of carboxylic acids is 1. The van der Waals surface area contributed by atoms with Crippen LogP contribution in [0.1, 0.15) is 28.2 Å². The highest BCUT2D eigenvalue weighted by molar-refractivity contribution is 7.90. The number of aromatic nitrogens is 2. The fourth-order valence-electron chi connectivity index (χ4n) is 1.70. The smallest absolute Gasteiger partial charge is 0.339 e. The standard InChI is InChI=1S/C10H16N2O4S/c1-7-9(10(13)14)8(2)12(11-7)5-4-6-17(3,15)16/h4-6H2,1-3H3,(H,13,14). The average molecular weight is 260 g/mol. The van der Waals surface area contributed by atoms with Crippen molar-refractivity contribution in [1.29, 1.82) is 0 Å². The molecule has 1 rings (SSSR count). The fraction of sp³-hybridized carbons (Fsp3) is 0.600. The zero-order chi connectivity index (χ0) is 13.2. The Morgan fingerprint density at radius 3 is 2.41 bits per heavy atom. The molecule has 1 aromatic rings. The van der Waals surface area contributed by atoms with Gasteiger partial charge in [-0.3, -0.25) is 4.68 Å². The molecule has 0 saturated heterocycles. The first kappa shape index (κ1) is 13.7. The summed E-state index contributed by atoms with van der Waals surface area (Å²) in [6.45, 7) is 3.71. The van der Waals surface area contributed by atoms with Gasteiger partial charge < -0.3 is 5.11 Å². The maximum absolute atomic E-state index is 11.0. The third kappa shape index (κ3) is 3.55. The van der Waals surface area contributed by atoms with Crippen LogP contribution in [0.15, 0.2) is 0 Å². The molecule has 0 unspecified atom stereocenters. The predicted octanol–water partition coefficient (Wildman–Crippen LogP) is 0.633. The molecule has 1 N–H and O–H groups in total. The fourth-order valence-corrected chi connectivity index (χ4v) is 2.35. The van der Waals surface area contributed by atoms with Crippen molar-refractivity contribution in [1.82, 2.24) is 9.78 Å². The number of nitrogens with zero attached hydrogens (tertiary/aromatic N) is 2. The Bertz CT molecular complexity index is 531. The normalized spacial score (nSPS) is 11.7. The van der Waals surface area contributed by atoms with Gasteiger partial charge in [0.05, 0.1) is 17.1 Å². The number of aryl methyl sites for hydroxylation is 2. The molecule has 1 aromatic heterocycles. The van der Waals surface area contributed by atoms with Gasteiger partial charge in [-0.2, -0.15) is 5.10 Å². The molecular weight excluding hydrogens is 244 g/mol. The number of hydrogen-bond acceptors (Lipinski definition) is 4. The van der Waals surface area contributed by atoms with Crippen molar-refractivity contribution < 1.29 is 18.3 Å². The number of aromatic carboxylic acids is 1. The first-order chi connectivity index (χ1) is 7.72. The van der Waals surface area contributed by atoms with Gasteiger partial charge >= 0.3 is 5.97 Å². The summed E-state index contributed by atoms with van der Waals surface area (Å²) in [6, 6.07) is 0. The lowest BCUT2D eigenvalue weighted by atomic mass is 10.2. The molecule has 0 bridgehead atoms. The van der Waals surface area contributed by atoms with Crippen molar-refractivity contribution in [3.05, 3.63) is 17.0 Å². The number of carbonyl (C=O) groups is 1. The molecular formula is C10H16N2O4S. The van der Waals surface area contributed by atoms with Crippen LogP contribution in [0.5, 0.6) is 0 Å². The summed E-state index contributed by atoms with van der Waals surface area (Å²) >= 11 is 0. The Morgan fingerprint density at radius 1 is 1.41 bits per heavy atom.